The van der Waals surface area contributed by atoms with Gasteiger partial charge in [0.15, 0.2) is 0 Å². The van der Waals surface area contributed by atoms with Crippen LogP contribution in [0, 0.1) is 6.92 Å². The number of hydrogen-bond donors (Lipinski definition) is 1. The molecule has 0 fully saturated rings. The monoisotopic (exact) mass is 297 g/mol. The zero-order valence-electron chi connectivity index (χ0n) is 13.2. The third kappa shape index (κ3) is 5.66. The lowest BCUT2D eigenvalue weighted by Crippen LogP contribution is -2.35. The summed E-state index contributed by atoms with van der Waals surface area (Å²) in [5.74, 6) is 0.0535. The first-order valence-corrected chi connectivity index (χ1v) is 7.53. The van der Waals surface area contributed by atoms with Crippen molar-refractivity contribution in [2.75, 3.05) is 20.1 Å². The minimum Gasteiger partial charge on any atom is -0.351 e. The molecule has 0 saturated heterocycles. The minimum absolute atomic E-state index is 0.0535. The van der Waals surface area contributed by atoms with E-state index in [1.54, 1.807) is 12.4 Å². The van der Waals surface area contributed by atoms with Gasteiger partial charge >= 0.3 is 0 Å². The first-order chi connectivity index (χ1) is 10.6. The van der Waals surface area contributed by atoms with Crippen LogP contribution in [0.5, 0.6) is 0 Å². The van der Waals surface area contributed by atoms with E-state index in [9.17, 15) is 4.79 Å². The molecule has 1 N–H and O–H groups in total. The molecular weight excluding hydrogens is 274 g/mol. The number of amides is 1. The van der Waals surface area contributed by atoms with E-state index in [1.165, 1.54) is 11.1 Å². The van der Waals surface area contributed by atoms with Crippen molar-refractivity contribution in [1.82, 2.24) is 15.2 Å². The average Bonchev–Trinajstić information content (AvgIpc) is 2.53. The van der Waals surface area contributed by atoms with Crippen LogP contribution in [-0.2, 0) is 17.8 Å². The van der Waals surface area contributed by atoms with Crippen LogP contribution >= 0.6 is 0 Å². The average molecular weight is 297 g/mol. The number of likely N-dealkylation sites (N-methyl/N-ethyl adjacent to an activating group) is 1. The fourth-order valence-corrected chi connectivity index (χ4v) is 2.16. The van der Waals surface area contributed by atoms with Gasteiger partial charge in [0.1, 0.15) is 0 Å². The predicted molar refractivity (Wildman–Crippen MR) is 88.5 cm³/mol. The maximum Gasteiger partial charge on any atom is 0.234 e. The van der Waals surface area contributed by atoms with E-state index in [0.29, 0.717) is 13.1 Å². The van der Waals surface area contributed by atoms with Crippen molar-refractivity contribution in [2.45, 2.75) is 19.9 Å². The highest BCUT2D eigenvalue weighted by Crippen LogP contribution is 2.02. The normalized spacial score (nSPS) is 10.7. The number of hydrogen-bond acceptors (Lipinski definition) is 3. The van der Waals surface area contributed by atoms with Gasteiger partial charge in [-0.05, 0) is 43.7 Å². The Morgan fingerprint density at radius 2 is 1.77 bits per heavy atom. The van der Waals surface area contributed by atoms with Crippen molar-refractivity contribution in [3.8, 4) is 0 Å². The van der Waals surface area contributed by atoms with Crippen LogP contribution in [0.3, 0.4) is 0 Å². The summed E-state index contributed by atoms with van der Waals surface area (Å²) < 4.78 is 0. The summed E-state index contributed by atoms with van der Waals surface area (Å²) in [5.41, 5.74) is 3.59. The van der Waals surface area contributed by atoms with Crippen molar-refractivity contribution in [3.05, 3.63) is 65.5 Å². The minimum atomic E-state index is 0.0535. The predicted octanol–water partition coefficient (Wildman–Crippen LogP) is 2.18. The molecule has 22 heavy (non-hydrogen) atoms. The van der Waals surface area contributed by atoms with Crippen LogP contribution in [0.25, 0.3) is 0 Å². The number of aromatic nitrogens is 1. The number of aryl methyl sites for hydroxylation is 1. The zero-order valence-corrected chi connectivity index (χ0v) is 13.2. The standard InChI is InChI=1S/C18H23N3O/c1-15-3-5-17(6-4-15)13-20-18(22)14-21(2)12-9-16-7-10-19-11-8-16/h3-8,10-11H,9,12-14H2,1-2H3,(H,20,22). The number of rotatable bonds is 7. The molecule has 0 aliphatic heterocycles. The summed E-state index contributed by atoms with van der Waals surface area (Å²) in [5, 5.41) is 2.96. The molecule has 0 unspecified atom stereocenters. The number of carbonyl (C=O) groups is 1. The molecule has 0 bridgehead atoms. The molecule has 0 saturated carbocycles. The molecule has 2 aromatic rings. The Morgan fingerprint density at radius 3 is 2.45 bits per heavy atom. The maximum absolute atomic E-state index is 11.9. The van der Waals surface area contributed by atoms with Gasteiger partial charge in [0.25, 0.3) is 0 Å². The second-order valence-corrected chi connectivity index (χ2v) is 5.61. The van der Waals surface area contributed by atoms with Gasteiger partial charge in [-0.3, -0.25) is 14.7 Å². The molecule has 0 atom stereocenters. The molecule has 1 amide bonds. The van der Waals surface area contributed by atoms with Gasteiger partial charge in [-0.15, -0.1) is 0 Å². The van der Waals surface area contributed by atoms with E-state index >= 15 is 0 Å². The van der Waals surface area contributed by atoms with Crippen LogP contribution < -0.4 is 5.32 Å². The van der Waals surface area contributed by atoms with Crippen molar-refractivity contribution in [3.63, 3.8) is 0 Å². The van der Waals surface area contributed by atoms with Gasteiger partial charge in [0.05, 0.1) is 6.54 Å². The molecule has 0 aliphatic rings. The third-order valence-electron chi connectivity index (χ3n) is 3.56. The van der Waals surface area contributed by atoms with E-state index in [-0.39, 0.29) is 5.91 Å². The van der Waals surface area contributed by atoms with Gasteiger partial charge in [0.2, 0.25) is 5.91 Å². The first kappa shape index (κ1) is 16.2. The van der Waals surface area contributed by atoms with Gasteiger partial charge < -0.3 is 5.32 Å². The lowest BCUT2D eigenvalue weighted by molar-refractivity contribution is -0.122. The van der Waals surface area contributed by atoms with Gasteiger partial charge in [-0.1, -0.05) is 29.8 Å². The second-order valence-electron chi connectivity index (χ2n) is 5.61. The molecular formula is C18H23N3O. The van der Waals surface area contributed by atoms with Crippen LogP contribution in [0.15, 0.2) is 48.8 Å². The number of nitrogens with one attached hydrogen (secondary N) is 1. The van der Waals surface area contributed by atoms with Crippen molar-refractivity contribution in [2.24, 2.45) is 0 Å². The second kappa shape index (κ2) is 8.29. The summed E-state index contributed by atoms with van der Waals surface area (Å²) in [4.78, 5) is 18.0. The number of pyridine rings is 1. The fourth-order valence-electron chi connectivity index (χ4n) is 2.16. The summed E-state index contributed by atoms with van der Waals surface area (Å²) >= 11 is 0. The molecule has 2 rings (SSSR count). The topological polar surface area (TPSA) is 45.2 Å². The number of nitrogens with zero attached hydrogens (tertiary/aromatic N) is 2. The SMILES string of the molecule is Cc1ccc(CNC(=O)CN(C)CCc2ccncc2)cc1. The Kier molecular flexibility index (Phi) is 6.10. The molecule has 1 aromatic heterocycles. The molecule has 4 nitrogen and oxygen atoms in total. The molecule has 0 aliphatic carbocycles. The quantitative estimate of drug-likeness (QED) is 0.852. The number of carbonyl (C=O) groups excluding carboxylic acids is 1. The first-order valence-electron chi connectivity index (χ1n) is 7.53. The Bertz CT molecular complexity index is 581. The van der Waals surface area contributed by atoms with Crippen molar-refractivity contribution < 1.29 is 4.79 Å². The molecule has 1 aromatic carbocycles. The maximum atomic E-state index is 11.9. The van der Waals surface area contributed by atoms with Crippen LogP contribution in [0.4, 0.5) is 0 Å². The third-order valence-corrected chi connectivity index (χ3v) is 3.56. The number of benzene rings is 1. The van der Waals surface area contributed by atoms with E-state index in [2.05, 4.69) is 29.4 Å². The summed E-state index contributed by atoms with van der Waals surface area (Å²) in [6.07, 6.45) is 4.51. The van der Waals surface area contributed by atoms with E-state index in [4.69, 9.17) is 0 Å². The van der Waals surface area contributed by atoms with Crippen LogP contribution in [0.2, 0.25) is 0 Å². The lowest BCUT2D eigenvalue weighted by Gasteiger charge is -2.16. The van der Waals surface area contributed by atoms with Gasteiger partial charge in [-0.2, -0.15) is 0 Å². The Hall–Kier alpha value is -2.20. The smallest absolute Gasteiger partial charge is 0.234 e. The molecule has 116 valence electrons. The molecule has 4 heteroatoms. The highest BCUT2D eigenvalue weighted by atomic mass is 16.2. The molecule has 0 spiro atoms. The molecule has 0 radical (unpaired) electrons. The van der Waals surface area contributed by atoms with E-state index in [1.807, 2.05) is 36.2 Å². The Morgan fingerprint density at radius 1 is 1.09 bits per heavy atom. The van der Waals surface area contributed by atoms with E-state index < -0.39 is 0 Å². The van der Waals surface area contributed by atoms with E-state index in [0.717, 1.165) is 18.5 Å². The lowest BCUT2D eigenvalue weighted by atomic mass is 10.1. The van der Waals surface area contributed by atoms with Crippen LogP contribution in [-0.4, -0.2) is 35.9 Å². The fraction of sp³-hybridized carbons (Fsp3) is 0.333. The van der Waals surface area contributed by atoms with Gasteiger partial charge in [0, 0.05) is 25.5 Å². The highest BCUT2D eigenvalue weighted by molar-refractivity contribution is 5.77. The molecule has 1 heterocycles. The van der Waals surface area contributed by atoms with Gasteiger partial charge in [-0.25, -0.2) is 0 Å². The zero-order chi connectivity index (χ0) is 15.8. The summed E-state index contributed by atoms with van der Waals surface area (Å²) in [6.45, 7) is 3.90. The Balaban J connectivity index is 1.68. The largest absolute Gasteiger partial charge is 0.351 e. The van der Waals surface area contributed by atoms with Crippen molar-refractivity contribution in [1.29, 1.82) is 0 Å². The van der Waals surface area contributed by atoms with Crippen LogP contribution in [0.1, 0.15) is 16.7 Å². The van der Waals surface area contributed by atoms with Crippen molar-refractivity contribution >= 4 is 5.91 Å². The summed E-state index contributed by atoms with van der Waals surface area (Å²) in [7, 11) is 1.96. The summed E-state index contributed by atoms with van der Waals surface area (Å²) in [6, 6.07) is 12.2. The highest BCUT2D eigenvalue weighted by Gasteiger charge is 2.06. The Labute approximate surface area is 132 Å².